The number of aromatic amines is 1. The van der Waals surface area contributed by atoms with Gasteiger partial charge in [-0.15, -0.1) is 0 Å². The average Bonchev–Trinajstić information content (AvgIpc) is 2.75. The van der Waals surface area contributed by atoms with Crippen molar-refractivity contribution in [3.63, 3.8) is 0 Å². The topological polar surface area (TPSA) is 134 Å². The lowest BCUT2D eigenvalue weighted by atomic mass is 10.1. The maximum Gasteiger partial charge on any atom is 0.334 e. The molecule has 1 unspecified atom stereocenters. The fourth-order valence-electron chi connectivity index (χ4n) is 3.01. The summed E-state index contributed by atoms with van der Waals surface area (Å²) < 4.78 is 13.7. The SMILES string of the molecule is CC(NC(=O)c1c[nH]c(=O)c([N+](=O)[O-])c1)c1cccc(NC(=O)Cc2ccccc2F)c1. The molecule has 0 radical (unpaired) electrons. The number of carbonyl (C=O) groups is 2. The van der Waals surface area contributed by atoms with E-state index in [2.05, 4.69) is 15.6 Å². The van der Waals surface area contributed by atoms with E-state index in [0.29, 0.717) is 11.3 Å². The van der Waals surface area contributed by atoms with E-state index in [4.69, 9.17) is 0 Å². The van der Waals surface area contributed by atoms with Crippen LogP contribution in [0.15, 0.2) is 65.6 Å². The van der Waals surface area contributed by atoms with Crippen LogP contribution in [-0.2, 0) is 11.2 Å². The second-order valence-corrected chi connectivity index (χ2v) is 7.00. The molecule has 2 amide bonds. The summed E-state index contributed by atoms with van der Waals surface area (Å²) in [6.45, 7) is 1.69. The highest BCUT2D eigenvalue weighted by atomic mass is 19.1. The third-order valence-electron chi connectivity index (χ3n) is 4.67. The Morgan fingerprint density at radius 1 is 1.16 bits per heavy atom. The quantitative estimate of drug-likeness (QED) is 0.385. The van der Waals surface area contributed by atoms with E-state index < -0.39 is 39.8 Å². The molecule has 0 saturated heterocycles. The van der Waals surface area contributed by atoms with Crippen molar-refractivity contribution < 1.29 is 18.9 Å². The third-order valence-corrected chi connectivity index (χ3v) is 4.67. The highest BCUT2D eigenvalue weighted by molar-refractivity contribution is 5.95. The van der Waals surface area contributed by atoms with Crippen molar-refractivity contribution in [2.24, 2.45) is 0 Å². The van der Waals surface area contributed by atoms with Crippen LogP contribution in [0.1, 0.15) is 34.5 Å². The molecular weight excluding hydrogens is 419 g/mol. The van der Waals surface area contributed by atoms with Crippen LogP contribution in [0.25, 0.3) is 0 Å². The summed E-state index contributed by atoms with van der Waals surface area (Å²) in [5, 5.41) is 16.3. The first-order chi connectivity index (χ1) is 15.2. The predicted molar refractivity (Wildman–Crippen MR) is 115 cm³/mol. The maximum atomic E-state index is 13.7. The lowest BCUT2D eigenvalue weighted by Crippen LogP contribution is -2.27. The molecule has 3 rings (SSSR count). The van der Waals surface area contributed by atoms with Crippen molar-refractivity contribution in [1.29, 1.82) is 0 Å². The zero-order valence-corrected chi connectivity index (χ0v) is 16.9. The Morgan fingerprint density at radius 2 is 1.91 bits per heavy atom. The van der Waals surface area contributed by atoms with Gasteiger partial charge in [0, 0.05) is 18.0 Å². The summed E-state index contributed by atoms with van der Waals surface area (Å²) in [5.74, 6) is -1.48. The van der Waals surface area contributed by atoms with Crippen LogP contribution in [0, 0.1) is 15.9 Å². The molecule has 1 aromatic heterocycles. The molecule has 0 spiro atoms. The Labute approximate surface area is 181 Å². The first-order valence-corrected chi connectivity index (χ1v) is 9.56. The monoisotopic (exact) mass is 438 g/mol. The van der Waals surface area contributed by atoms with Crippen LogP contribution in [-0.4, -0.2) is 21.7 Å². The van der Waals surface area contributed by atoms with Crippen molar-refractivity contribution >= 4 is 23.2 Å². The first kappa shape index (κ1) is 22.3. The Bertz CT molecular complexity index is 1240. The largest absolute Gasteiger partial charge is 0.345 e. The van der Waals surface area contributed by atoms with Gasteiger partial charge in [0.15, 0.2) is 0 Å². The van der Waals surface area contributed by atoms with Crippen LogP contribution >= 0.6 is 0 Å². The fourth-order valence-corrected chi connectivity index (χ4v) is 3.01. The molecule has 0 aliphatic carbocycles. The van der Waals surface area contributed by atoms with Gasteiger partial charge in [-0.25, -0.2) is 4.39 Å². The number of pyridine rings is 1. The number of nitrogens with zero attached hydrogens (tertiary/aromatic N) is 1. The van der Waals surface area contributed by atoms with Crippen LogP contribution in [0.4, 0.5) is 15.8 Å². The number of rotatable bonds is 7. The Kier molecular flexibility index (Phi) is 6.74. The van der Waals surface area contributed by atoms with Crippen molar-refractivity contribution in [2.45, 2.75) is 19.4 Å². The average molecular weight is 438 g/mol. The summed E-state index contributed by atoms with van der Waals surface area (Å²) in [5.41, 5.74) is -0.317. The minimum Gasteiger partial charge on any atom is -0.345 e. The number of aromatic nitrogens is 1. The number of hydrogen-bond donors (Lipinski definition) is 3. The highest BCUT2D eigenvalue weighted by Crippen LogP contribution is 2.19. The van der Waals surface area contributed by atoms with E-state index in [1.165, 1.54) is 12.1 Å². The van der Waals surface area contributed by atoms with Crippen molar-refractivity contribution in [1.82, 2.24) is 10.3 Å². The van der Waals surface area contributed by atoms with Gasteiger partial charge in [0.25, 0.3) is 5.91 Å². The van der Waals surface area contributed by atoms with Gasteiger partial charge in [-0.3, -0.25) is 24.5 Å². The lowest BCUT2D eigenvalue weighted by molar-refractivity contribution is -0.386. The number of nitrogens with one attached hydrogen (secondary N) is 3. The molecule has 32 heavy (non-hydrogen) atoms. The first-order valence-electron chi connectivity index (χ1n) is 9.56. The lowest BCUT2D eigenvalue weighted by Gasteiger charge is -2.16. The van der Waals surface area contributed by atoms with Gasteiger partial charge in [0.2, 0.25) is 5.91 Å². The van der Waals surface area contributed by atoms with E-state index in [-0.39, 0.29) is 17.5 Å². The van der Waals surface area contributed by atoms with Crippen LogP contribution in [0.3, 0.4) is 0 Å². The predicted octanol–water partition coefficient (Wildman–Crippen LogP) is 3.09. The number of H-pyrrole nitrogens is 1. The van der Waals surface area contributed by atoms with Crippen LogP contribution in [0.2, 0.25) is 0 Å². The maximum absolute atomic E-state index is 13.7. The number of anilines is 1. The molecule has 2 aromatic carbocycles. The van der Waals surface area contributed by atoms with Crippen LogP contribution in [0.5, 0.6) is 0 Å². The second kappa shape index (κ2) is 9.65. The smallest absolute Gasteiger partial charge is 0.334 e. The van der Waals surface area contributed by atoms with Crippen LogP contribution < -0.4 is 16.2 Å². The molecule has 0 aliphatic heterocycles. The minimum atomic E-state index is -0.904. The van der Waals surface area contributed by atoms with E-state index in [9.17, 15) is 28.9 Å². The normalized spacial score (nSPS) is 11.4. The molecule has 0 fully saturated rings. The molecule has 0 aliphatic rings. The molecule has 1 atom stereocenters. The van der Waals surface area contributed by atoms with E-state index in [1.807, 2.05) is 0 Å². The number of hydrogen-bond acceptors (Lipinski definition) is 5. The second-order valence-electron chi connectivity index (χ2n) is 7.00. The summed E-state index contributed by atoms with van der Waals surface area (Å²) in [4.78, 5) is 48.4. The van der Waals surface area contributed by atoms with Gasteiger partial charge in [0.1, 0.15) is 5.82 Å². The van der Waals surface area contributed by atoms with Gasteiger partial charge in [-0.2, -0.15) is 0 Å². The highest BCUT2D eigenvalue weighted by Gasteiger charge is 2.18. The van der Waals surface area contributed by atoms with Gasteiger partial charge in [0.05, 0.1) is 22.9 Å². The fraction of sp³-hybridized carbons (Fsp3) is 0.136. The Balaban J connectivity index is 1.68. The standard InChI is InChI=1S/C22H19FN4O5/c1-13(25-21(29)16-10-19(27(31)32)22(30)24-12-16)14-6-4-7-17(9-14)26-20(28)11-15-5-2-3-8-18(15)23/h2-10,12-13H,11H2,1H3,(H,24,30)(H,25,29)(H,26,28). The van der Waals surface area contributed by atoms with E-state index in [1.54, 1.807) is 43.3 Å². The number of carbonyl (C=O) groups excluding carboxylic acids is 2. The third kappa shape index (κ3) is 5.42. The Hall–Kier alpha value is -4.34. The number of amides is 2. The number of benzene rings is 2. The molecule has 10 heteroatoms. The van der Waals surface area contributed by atoms with Crippen molar-refractivity contribution in [2.75, 3.05) is 5.32 Å². The summed E-state index contributed by atoms with van der Waals surface area (Å²) in [6, 6.07) is 13.1. The zero-order valence-electron chi connectivity index (χ0n) is 16.9. The molecule has 1 heterocycles. The number of halogens is 1. The molecule has 0 saturated carbocycles. The van der Waals surface area contributed by atoms with Crippen molar-refractivity contribution in [3.8, 4) is 0 Å². The minimum absolute atomic E-state index is 0.0718. The molecule has 3 aromatic rings. The summed E-state index contributed by atoms with van der Waals surface area (Å²) >= 11 is 0. The van der Waals surface area contributed by atoms with Gasteiger partial charge in [-0.1, -0.05) is 30.3 Å². The van der Waals surface area contributed by atoms with Gasteiger partial charge < -0.3 is 15.6 Å². The Morgan fingerprint density at radius 3 is 2.62 bits per heavy atom. The summed E-state index contributed by atoms with van der Waals surface area (Å²) in [7, 11) is 0. The zero-order chi connectivity index (χ0) is 23.3. The molecular formula is C22H19FN4O5. The molecule has 164 valence electrons. The van der Waals surface area contributed by atoms with E-state index in [0.717, 1.165) is 12.3 Å². The van der Waals surface area contributed by atoms with Gasteiger partial charge >= 0.3 is 11.2 Å². The van der Waals surface area contributed by atoms with E-state index >= 15 is 0 Å². The number of nitro groups is 1. The molecule has 0 bridgehead atoms. The van der Waals surface area contributed by atoms with Crippen molar-refractivity contribution in [3.05, 3.63) is 104 Å². The summed E-state index contributed by atoms with van der Waals surface area (Å²) in [6.07, 6.45) is 0.963. The van der Waals surface area contributed by atoms with Gasteiger partial charge in [-0.05, 0) is 36.2 Å². The molecule has 9 nitrogen and oxygen atoms in total. The molecule has 3 N–H and O–H groups in total.